The summed E-state index contributed by atoms with van der Waals surface area (Å²) >= 11 is 12.7. The van der Waals surface area contributed by atoms with Crippen LogP contribution in [0.3, 0.4) is 0 Å². The molecule has 0 aliphatic carbocycles. The molecular formula is C11H9Cl2N3O2S. The maximum atomic E-state index is 11.0. The fraction of sp³-hybridized carbons (Fsp3) is 0.273. The van der Waals surface area contributed by atoms with Gasteiger partial charge in [-0.3, -0.25) is 10.1 Å². The lowest BCUT2D eigenvalue weighted by Crippen LogP contribution is -1.91. The Morgan fingerprint density at radius 2 is 2.16 bits per heavy atom. The molecule has 0 fully saturated rings. The van der Waals surface area contributed by atoms with E-state index in [1.807, 2.05) is 0 Å². The van der Waals surface area contributed by atoms with Crippen molar-refractivity contribution in [3.8, 4) is 10.6 Å². The van der Waals surface area contributed by atoms with Crippen LogP contribution in [0.2, 0.25) is 5.02 Å². The van der Waals surface area contributed by atoms with E-state index in [0.29, 0.717) is 21.5 Å². The van der Waals surface area contributed by atoms with Crippen LogP contribution in [0.25, 0.3) is 10.6 Å². The smallest absolute Gasteiger partial charge is 0.258 e. The van der Waals surface area contributed by atoms with Crippen LogP contribution in [0, 0.1) is 10.1 Å². The van der Waals surface area contributed by atoms with Crippen LogP contribution in [-0.4, -0.2) is 21.0 Å². The number of halogens is 2. The Morgan fingerprint density at radius 1 is 1.37 bits per heavy atom. The third-order valence-corrected chi connectivity index (χ3v) is 3.90. The van der Waals surface area contributed by atoms with Gasteiger partial charge in [-0.2, -0.15) is 0 Å². The van der Waals surface area contributed by atoms with Crippen molar-refractivity contribution in [3.63, 3.8) is 0 Å². The molecular weight excluding hydrogens is 309 g/mol. The van der Waals surface area contributed by atoms with Gasteiger partial charge >= 0.3 is 0 Å². The first-order valence-corrected chi connectivity index (χ1v) is 7.17. The fourth-order valence-corrected chi connectivity index (χ4v) is 2.73. The number of rotatable bonds is 5. The monoisotopic (exact) mass is 317 g/mol. The topological polar surface area (TPSA) is 68.9 Å². The molecule has 0 N–H and O–H groups in total. The van der Waals surface area contributed by atoms with Crippen LogP contribution in [0.4, 0.5) is 5.69 Å². The molecule has 0 aliphatic heterocycles. The van der Waals surface area contributed by atoms with E-state index in [4.69, 9.17) is 23.2 Å². The summed E-state index contributed by atoms with van der Waals surface area (Å²) in [4.78, 5) is 10.5. The Kier molecular flexibility index (Phi) is 4.68. The summed E-state index contributed by atoms with van der Waals surface area (Å²) in [6, 6.07) is 4.51. The van der Waals surface area contributed by atoms with Gasteiger partial charge in [0.1, 0.15) is 5.01 Å². The molecule has 1 aromatic carbocycles. The van der Waals surface area contributed by atoms with Crippen molar-refractivity contribution in [3.05, 3.63) is 38.3 Å². The number of benzene rings is 1. The molecule has 19 heavy (non-hydrogen) atoms. The van der Waals surface area contributed by atoms with Gasteiger partial charge in [0.25, 0.3) is 5.69 Å². The fourth-order valence-electron chi connectivity index (χ4n) is 1.52. The van der Waals surface area contributed by atoms with Gasteiger partial charge in [-0.25, -0.2) is 0 Å². The van der Waals surface area contributed by atoms with Crippen molar-refractivity contribution in [1.29, 1.82) is 0 Å². The maximum Gasteiger partial charge on any atom is 0.281 e. The van der Waals surface area contributed by atoms with E-state index >= 15 is 0 Å². The zero-order valence-electron chi connectivity index (χ0n) is 9.68. The molecule has 0 bridgehead atoms. The van der Waals surface area contributed by atoms with Gasteiger partial charge in [-0.1, -0.05) is 22.9 Å². The van der Waals surface area contributed by atoms with Crippen molar-refractivity contribution in [2.75, 3.05) is 5.88 Å². The zero-order chi connectivity index (χ0) is 13.8. The SMILES string of the molecule is O=[N+]([O-])c1cc(Cl)ccc1-c1nnc(CCCCl)s1. The largest absolute Gasteiger partial charge is 0.281 e. The predicted molar refractivity (Wildman–Crippen MR) is 76.1 cm³/mol. The highest BCUT2D eigenvalue weighted by atomic mass is 35.5. The first kappa shape index (κ1) is 14.2. The minimum atomic E-state index is -0.471. The third kappa shape index (κ3) is 3.40. The van der Waals surface area contributed by atoms with Crippen molar-refractivity contribution >= 4 is 40.2 Å². The summed E-state index contributed by atoms with van der Waals surface area (Å²) in [5, 5.41) is 20.7. The molecule has 2 rings (SSSR count). The highest BCUT2D eigenvalue weighted by Gasteiger charge is 2.19. The van der Waals surface area contributed by atoms with Crippen molar-refractivity contribution < 1.29 is 4.92 Å². The van der Waals surface area contributed by atoms with Gasteiger partial charge in [0.2, 0.25) is 0 Å². The van der Waals surface area contributed by atoms with Gasteiger partial charge < -0.3 is 0 Å². The van der Waals surface area contributed by atoms with Crippen molar-refractivity contribution in [2.24, 2.45) is 0 Å². The molecule has 1 aromatic heterocycles. The molecule has 0 atom stereocenters. The van der Waals surface area contributed by atoms with Gasteiger partial charge in [0, 0.05) is 23.4 Å². The molecule has 0 amide bonds. The average Bonchev–Trinajstić information content (AvgIpc) is 2.84. The summed E-state index contributed by atoms with van der Waals surface area (Å²) < 4.78 is 0. The Hall–Kier alpha value is -1.24. The lowest BCUT2D eigenvalue weighted by atomic mass is 10.2. The summed E-state index contributed by atoms with van der Waals surface area (Å²) in [5.41, 5.74) is 0.372. The van der Waals surface area contributed by atoms with E-state index in [1.54, 1.807) is 12.1 Å². The number of nitro groups is 1. The first-order valence-electron chi connectivity index (χ1n) is 5.44. The van der Waals surface area contributed by atoms with Crippen LogP contribution in [0.15, 0.2) is 18.2 Å². The number of aromatic nitrogens is 2. The average molecular weight is 318 g/mol. The van der Waals surface area contributed by atoms with Gasteiger partial charge in [-0.15, -0.1) is 21.8 Å². The van der Waals surface area contributed by atoms with E-state index in [0.717, 1.165) is 17.8 Å². The number of hydrogen-bond acceptors (Lipinski definition) is 5. The standard InChI is InChI=1S/C11H9Cl2N3O2S/c12-5-1-2-10-14-15-11(19-10)8-4-3-7(13)6-9(8)16(17)18/h3-4,6H,1-2,5H2. The molecule has 5 nitrogen and oxygen atoms in total. The van der Waals surface area contributed by atoms with E-state index in [1.165, 1.54) is 17.4 Å². The molecule has 8 heteroatoms. The van der Waals surface area contributed by atoms with Crippen molar-refractivity contribution in [2.45, 2.75) is 12.8 Å². The van der Waals surface area contributed by atoms with E-state index in [9.17, 15) is 10.1 Å². The molecule has 0 saturated heterocycles. The predicted octanol–water partition coefficient (Wildman–Crippen LogP) is 3.94. The van der Waals surface area contributed by atoms with E-state index < -0.39 is 4.92 Å². The quantitative estimate of drug-likeness (QED) is 0.476. The Morgan fingerprint density at radius 3 is 2.84 bits per heavy atom. The molecule has 0 radical (unpaired) electrons. The lowest BCUT2D eigenvalue weighted by molar-refractivity contribution is -0.384. The number of nitrogens with zero attached hydrogens (tertiary/aromatic N) is 3. The summed E-state index contributed by atoms with van der Waals surface area (Å²) in [6.45, 7) is 0. The minimum absolute atomic E-state index is 0.0625. The van der Waals surface area contributed by atoms with Crippen LogP contribution >= 0.6 is 34.5 Å². The first-order chi connectivity index (χ1) is 9.11. The molecule has 0 saturated carbocycles. The molecule has 2 aromatic rings. The number of hydrogen-bond donors (Lipinski definition) is 0. The van der Waals surface area contributed by atoms with Crippen molar-refractivity contribution in [1.82, 2.24) is 10.2 Å². The Bertz CT molecular complexity index is 603. The summed E-state index contributed by atoms with van der Waals surface area (Å²) in [6.07, 6.45) is 1.53. The Balaban J connectivity index is 2.36. The van der Waals surface area contributed by atoms with Crippen LogP contribution in [0.1, 0.15) is 11.4 Å². The Labute approximate surface area is 123 Å². The normalized spacial score (nSPS) is 10.6. The number of nitro benzene ring substituents is 1. The van der Waals surface area contributed by atoms with Gasteiger partial charge in [0.05, 0.1) is 10.5 Å². The highest BCUT2D eigenvalue weighted by molar-refractivity contribution is 7.14. The second-order valence-corrected chi connectivity index (χ2v) is 5.59. The second kappa shape index (κ2) is 6.27. The summed E-state index contributed by atoms with van der Waals surface area (Å²) in [5.74, 6) is 0.552. The van der Waals surface area contributed by atoms with E-state index in [-0.39, 0.29) is 5.69 Å². The van der Waals surface area contributed by atoms with Crippen LogP contribution in [0.5, 0.6) is 0 Å². The van der Waals surface area contributed by atoms with Crippen LogP contribution < -0.4 is 0 Å². The third-order valence-electron chi connectivity index (χ3n) is 2.38. The lowest BCUT2D eigenvalue weighted by Gasteiger charge is -1.98. The summed E-state index contributed by atoms with van der Waals surface area (Å²) in [7, 11) is 0. The van der Waals surface area contributed by atoms with Crippen LogP contribution in [-0.2, 0) is 6.42 Å². The zero-order valence-corrected chi connectivity index (χ0v) is 12.0. The molecule has 1 heterocycles. The number of aryl methyl sites for hydroxylation is 1. The van der Waals surface area contributed by atoms with Gasteiger partial charge in [-0.05, 0) is 18.6 Å². The number of alkyl halides is 1. The second-order valence-electron chi connectivity index (χ2n) is 3.71. The van der Waals surface area contributed by atoms with E-state index in [2.05, 4.69) is 10.2 Å². The highest BCUT2D eigenvalue weighted by Crippen LogP contribution is 2.34. The molecule has 0 aliphatic rings. The molecule has 0 spiro atoms. The minimum Gasteiger partial charge on any atom is -0.258 e. The molecule has 0 unspecified atom stereocenters. The maximum absolute atomic E-state index is 11.0. The molecule has 100 valence electrons. The van der Waals surface area contributed by atoms with Gasteiger partial charge in [0.15, 0.2) is 5.01 Å².